The number of amides is 2. The lowest BCUT2D eigenvalue weighted by Crippen LogP contribution is -2.20. The molecule has 0 aliphatic rings. The van der Waals surface area contributed by atoms with Gasteiger partial charge in [-0.25, -0.2) is 0 Å². The van der Waals surface area contributed by atoms with Gasteiger partial charge in [0, 0.05) is 11.3 Å². The molecule has 2 aromatic carbocycles. The van der Waals surface area contributed by atoms with E-state index in [1.165, 1.54) is 26.4 Å². The van der Waals surface area contributed by atoms with Crippen LogP contribution in [0.3, 0.4) is 0 Å². The van der Waals surface area contributed by atoms with Gasteiger partial charge in [0.25, 0.3) is 5.91 Å². The summed E-state index contributed by atoms with van der Waals surface area (Å²) >= 11 is 0. The molecule has 7 heteroatoms. The fourth-order valence-corrected chi connectivity index (χ4v) is 2.21. The summed E-state index contributed by atoms with van der Waals surface area (Å²) in [6.07, 6.45) is 0. The molecule has 7 nitrogen and oxygen atoms in total. The molecular weight excluding hydrogens is 324 g/mol. The maximum Gasteiger partial charge on any atom is 0.262 e. The number of rotatable bonds is 7. The Balaban J connectivity index is 2.03. The van der Waals surface area contributed by atoms with Crippen molar-refractivity contribution in [3.63, 3.8) is 0 Å². The number of ether oxygens (including phenoxy) is 3. The van der Waals surface area contributed by atoms with Gasteiger partial charge in [-0.1, -0.05) is 0 Å². The number of benzene rings is 2. The van der Waals surface area contributed by atoms with Gasteiger partial charge in [0.15, 0.2) is 18.1 Å². The van der Waals surface area contributed by atoms with Crippen LogP contribution in [0, 0.1) is 6.92 Å². The van der Waals surface area contributed by atoms with Gasteiger partial charge in [0.1, 0.15) is 0 Å². The minimum atomic E-state index is -0.528. The second-order valence-corrected chi connectivity index (χ2v) is 5.28. The molecule has 0 radical (unpaired) electrons. The van der Waals surface area contributed by atoms with E-state index in [1.54, 1.807) is 24.3 Å². The Morgan fingerprint density at radius 1 is 1.04 bits per heavy atom. The molecule has 0 spiro atoms. The van der Waals surface area contributed by atoms with Crippen molar-refractivity contribution < 1.29 is 23.8 Å². The van der Waals surface area contributed by atoms with Gasteiger partial charge >= 0.3 is 0 Å². The number of carbonyl (C=O) groups excluding carboxylic acids is 2. The molecule has 0 saturated heterocycles. The first-order chi connectivity index (χ1) is 11.9. The summed E-state index contributed by atoms with van der Waals surface area (Å²) in [4.78, 5) is 23.1. The lowest BCUT2D eigenvalue weighted by atomic mass is 10.2. The molecule has 2 aromatic rings. The maximum atomic E-state index is 12.1. The molecule has 25 heavy (non-hydrogen) atoms. The molecule has 132 valence electrons. The first kappa shape index (κ1) is 18.1. The second-order valence-electron chi connectivity index (χ2n) is 5.28. The van der Waals surface area contributed by atoms with E-state index < -0.39 is 5.91 Å². The number of nitrogens with one attached hydrogen (secondary N) is 1. The number of hydrogen-bond acceptors (Lipinski definition) is 5. The van der Waals surface area contributed by atoms with Crippen LogP contribution >= 0.6 is 0 Å². The van der Waals surface area contributed by atoms with Crippen LogP contribution in [0.4, 0.5) is 5.69 Å². The molecule has 0 heterocycles. The third-order valence-electron chi connectivity index (χ3n) is 3.41. The molecule has 0 aliphatic heterocycles. The first-order valence-corrected chi connectivity index (χ1v) is 7.49. The summed E-state index contributed by atoms with van der Waals surface area (Å²) in [6, 6.07) is 9.82. The molecule has 3 N–H and O–H groups in total. The summed E-state index contributed by atoms with van der Waals surface area (Å²) < 4.78 is 16.1. The van der Waals surface area contributed by atoms with Crippen molar-refractivity contribution in [1.29, 1.82) is 0 Å². The highest BCUT2D eigenvalue weighted by atomic mass is 16.5. The lowest BCUT2D eigenvalue weighted by Gasteiger charge is -2.15. The molecule has 2 amide bonds. The largest absolute Gasteiger partial charge is 0.493 e. The first-order valence-electron chi connectivity index (χ1n) is 7.49. The fraction of sp³-hybridized carbons (Fsp3) is 0.222. The number of carbonyl (C=O) groups is 2. The van der Waals surface area contributed by atoms with Crippen LogP contribution in [0.5, 0.6) is 17.2 Å². The Morgan fingerprint density at radius 3 is 2.08 bits per heavy atom. The minimum absolute atomic E-state index is 0.229. The summed E-state index contributed by atoms with van der Waals surface area (Å²) in [5.74, 6) is 0.428. The fourth-order valence-electron chi connectivity index (χ4n) is 2.21. The number of hydrogen-bond donors (Lipinski definition) is 2. The van der Waals surface area contributed by atoms with Crippen molar-refractivity contribution in [2.75, 3.05) is 26.1 Å². The molecule has 0 aliphatic carbocycles. The SMILES string of the molecule is COc1cc(C)cc(OC)c1OCC(=O)Nc1ccc(C(N)=O)cc1. The van der Waals surface area contributed by atoms with Crippen LogP contribution in [0.25, 0.3) is 0 Å². The molecule has 0 fully saturated rings. The van der Waals surface area contributed by atoms with Crippen LogP contribution in [0.1, 0.15) is 15.9 Å². The average molecular weight is 344 g/mol. The predicted octanol–water partition coefficient (Wildman–Crippen LogP) is 2.13. The Morgan fingerprint density at radius 2 is 1.60 bits per heavy atom. The molecule has 2 rings (SSSR count). The van der Waals surface area contributed by atoms with Gasteiger partial charge in [0.2, 0.25) is 11.7 Å². The van der Waals surface area contributed by atoms with Crippen molar-refractivity contribution in [3.05, 3.63) is 47.5 Å². The van der Waals surface area contributed by atoms with Crippen LogP contribution in [-0.4, -0.2) is 32.6 Å². The minimum Gasteiger partial charge on any atom is -0.493 e. The third kappa shape index (κ3) is 4.63. The Hall–Kier alpha value is -3.22. The average Bonchev–Trinajstić information content (AvgIpc) is 2.60. The second kappa shape index (κ2) is 8.05. The number of methoxy groups -OCH3 is 2. The number of nitrogens with two attached hydrogens (primary N) is 1. The van der Waals surface area contributed by atoms with E-state index in [9.17, 15) is 9.59 Å². The Bertz CT molecular complexity index is 747. The standard InChI is InChI=1S/C18H20N2O5/c1-11-8-14(23-2)17(15(9-11)24-3)25-10-16(21)20-13-6-4-12(5-7-13)18(19)22/h4-9H,10H2,1-3H3,(H2,19,22)(H,20,21). The van der Waals surface area contributed by atoms with E-state index in [2.05, 4.69) is 5.32 Å². The Kier molecular flexibility index (Phi) is 5.84. The molecule has 0 aromatic heterocycles. The van der Waals surface area contributed by atoms with Crippen LogP contribution in [0.2, 0.25) is 0 Å². The number of primary amides is 1. The quantitative estimate of drug-likeness (QED) is 0.801. The predicted molar refractivity (Wildman–Crippen MR) is 93.4 cm³/mol. The van der Waals surface area contributed by atoms with Gasteiger partial charge in [-0.3, -0.25) is 9.59 Å². The smallest absolute Gasteiger partial charge is 0.262 e. The van der Waals surface area contributed by atoms with Gasteiger partial charge in [0.05, 0.1) is 14.2 Å². The molecule has 0 saturated carbocycles. The van der Waals surface area contributed by atoms with E-state index >= 15 is 0 Å². The van der Waals surface area contributed by atoms with Gasteiger partial charge < -0.3 is 25.3 Å². The third-order valence-corrected chi connectivity index (χ3v) is 3.41. The highest BCUT2D eigenvalue weighted by molar-refractivity contribution is 5.95. The molecule has 0 unspecified atom stereocenters. The van der Waals surface area contributed by atoms with Crippen molar-refractivity contribution in [3.8, 4) is 17.2 Å². The van der Waals surface area contributed by atoms with E-state index in [-0.39, 0.29) is 12.5 Å². The monoisotopic (exact) mass is 344 g/mol. The van der Waals surface area contributed by atoms with E-state index in [0.29, 0.717) is 28.5 Å². The van der Waals surface area contributed by atoms with Gasteiger partial charge in [-0.15, -0.1) is 0 Å². The molecular formula is C18H20N2O5. The van der Waals surface area contributed by atoms with Crippen molar-refractivity contribution in [2.45, 2.75) is 6.92 Å². The lowest BCUT2D eigenvalue weighted by molar-refractivity contribution is -0.118. The zero-order chi connectivity index (χ0) is 18.4. The van der Waals surface area contributed by atoms with Crippen LogP contribution in [-0.2, 0) is 4.79 Å². The van der Waals surface area contributed by atoms with E-state index in [4.69, 9.17) is 19.9 Å². The summed E-state index contributed by atoms with van der Waals surface area (Å²) in [5.41, 5.74) is 7.01. The summed E-state index contributed by atoms with van der Waals surface area (Å²) in [6.45, 7) is 1.67. The topological polar surface area (TPSA) is 99.9 Å². The summed E-state index contributed by atoms with van der Waals surface area (Å²) in [5, 5.41) is 2.67. The van der Waals surface area contributed by atoms with E-state index in [0.717, 1.165) is 5.56 Å². The van der Waals surface area contributed by atoms with Crippen LogP contribution in [0.15, 0.2) is 36.4 Å². The van der Waals surface area contributed by atoms with E-state index in [1.807, 2.05) is 6.92 Å². The molecule has 0 bridgehead atoms. The van der Waals surface area contributed by atoms with Gasteiger partial charge in [-0.2, -0.15) is 0 Å². The van der Waals surface area contributed by atoms with Crippen LogP contribution < -0.4 is 25.3 Å². The van der Waals surface area contributed by atoms with Crippen molar-refractivity contribution >= 4 is 17.5 Å². The van der Waals surface area contributed by atoms with Gasteiger partial charge in [-0.05, 0) is 48.9 Å². The highest BCUT2D eigenvalue weighted by Crippen LogP contribution is 2.38. The zero-order valence-electron chi connectivity index (χ0n) is 14.3. The number of anilines is 1. The highest BCUT2D eigenvalue weighted by Gasteiger charge is 2.15. The molecule has 0 atom stereocenters. The van der Waals surface area contributed by atoms with Crippen molar-refractivity contribution in [2.24, 2.45) is 5.73 Å². The maximum absolute atomic E-state index is 12.1. The number of aryl methyl sites for hydroxylation is 1. The Labute approximate surface area is 145 Å². The van der Waals surface area contributed by atoms with Crippen molar-refractivity contribution in [1.82, 2.24) is 0 Å². The zero-order valence-corrected chi connectivity index (χ0v) is 14.3. The normalized spacial score (nSPS) is 10.0. The summed E-state index contributed by atoms with van der Waals surface area (Å²) in [7, 11) is 3.03.